The third kappa shape index (κ3) is 4.81. The summed E-state index contributed by atoms with van der Waals surface area (Å²) in [5.74, 6) is -1.86. The Morgan fingerprint density at radius 2 is 1.88 bits per heavy atom. The van der Waals surface area contributed by atoms with Crippen molar-refractivity contribution in [2.75, 3.05) is 23.4 Å². The van der Waals surface area contributed by atoms with Gasteiger partial charge in [0, 0.05) is 18.7 Å². The van der Waals surface area contributed by atoms with Crippen LogP contribution in [0.1, 0.15) is 24.5 Å². The summed E-state index contributed by atoms with van der Waals surface area (Å²) in [6, 6.07) is 18.6. The second kappa shape index (κ2) is 10.0. The van der Waals surface area contributed by atoms with Gasteiger partial charge in [-0.05, 0) is 36.2 Å². The van der Waals surface area contributed by atoms with E-state index in [1.165, 1.54) is 10.9 Å². The molecule has 1 saturated heterocycles. The molecule has 34 heavy (non-hydrogen) atoms. The van der Waals surface area contributed by atoms with Crippen molar-refractivity contribution < 1.29 is 19.1 Å². The normalized spacial score (nSPS) is 15.1. The van der Waals surface area contributed by atoms with Crippen molar-refractivity contribution in [1.82, 2.24) is 9.78 Å². The molecule has 0 spiro atoms. The zero-order chi connectivity index (χ0) is 24.1. The van der Waals surface area contributed by atoms with Gasteiger partial charge in [0.2, 0.25) is 5.91 Å². The number of aryl methyl sites for hydroxylation is 1. The smallest absolute Gasteiger partial charge is 0.311 e. The van der Waals surface area contributed by atoms with Crippen LogP contribution < -0.4 is 10.2 Å². The summed E-state index contributed by atoms with van der Waals surface area (Å²) >= 11 is 0. The van der Waals surface area contributed by atoms with Crippen LogP contribution in [0.15, 0.2) is 60.8 Å². The average Bonchev–Trinajstić information content (AvgIpc) is 3.46. The lowest BCUT2D eigenvalue weighted by Crippen LogP contribution is -2.28. The van der Waals surface area contributed by atoms with Gasteiger partial charge in [-0.25, -0.2) is 4.68 Å². The third-order valence-electron chi connectivity index (χ3n) is 5.61. The average molecular weight is 457 g/mol. The number of benzene rings is 2. The second-order valence-corrected chi connectivity index (χ2v) is 7.85. The first-order valence-corrected chi connectivity index (χ1v) is 10.9. The molecule has 1 unspecified atom stereocenters. The molecule has 0 aliphatic carbocycles. The van der Waals surface area contributed by atoms with Crippen molar-refractivity contribution in [3.8, 4) is 11.8 Å². The molecule has 1 aliphatic rings. The number of esters is 1. The van der Waals surface area contributed by atoms with Crippen LogP contribution in [0, 0.1) is 17.2 Å². The molecule has 4 rings (SSSR count). The molecule has 1 aliphatic heterocycles. The van der Waals surface area contributed by atoms with Crippen LogP contribution in [0.5, 0.6) is 0 Å². The van der Waals surface area contributed by atoms with Crippen molar-refractivity contribution in [1.29, 1.82) is 5.26 Å². The molecule has 2 aromatic carbocycles. The maximum atomic E-state index is 12.5. The number of ether oxygens (including phenoxy) is 1. The van der Waals surface area contributed by atoms with Gasteiger partial charge in [0.15, 0.2) is 12.4 Å². The Kier molecular flexibility index (Phi) is 6.69. The van der Waals surface area contributed by atoms with Gasteiger partial charge in [-0.1, -0.05) is 37.3 Å². The van der Waals surface area contributed by atoms with E-state index >= 15 is 0 Å². The van der Waals surface area contributed by atoms with Gasteiger partial charge in [0.05, 0.1) is 17.8 Å². The van der Waals surface area contributed by atoms with Crippen molar-refractivity contribution in [2.24, 2.45) is 5.92 Å². The summed E-state index contributed by atoms with van der Waals surface area (Å²) in [4.78, 5) is 39.0. The standard InChI is InChI=1S/C25H23N5O4/c1-2-17-8-10-20(11-9-17)29-15-18(12-23(29)32)25(33)34-16-22(31)28-24-19(13-26)14-27-30(24)21-6-4-3-5-7-21/h3-11,14,18H,2,12,15-16H2,1H3,(H,28,31). The highest BCUT2D eigenvalue weighted by molar-refractivity contribution is 6.00. The summed E-state index contributed by atoms with van der Waals surface area (Å²) in [6.07, 6.45) is 2.27. The fraction of sp³-hybridized carbons (Fsp3) is 0.240. The van der Waals surface area contributed by atoms with Gasteiger partial charge < -0.3 is 15.0 Å². The predicted molar refractivity (Wildman–Crippen MR) is 124 cm³/mol. The minimum Gasteiger partial charge on any atom is -0.455 e. The van der Waals surface area contributed by atoms with E-state index in [1.54, 1.807) is 29.2 Å². The van der Waals surface area contributed by atoms with Gasteiger partial charge in [-0.15, -0.1) is 0 Å². The summed E-state index contributed by atoms with van der Waals surface area (Å²) in [5.41, 5.74) is 2.72. The number of nitrogens with zero attached hydrogens (tertiary/aromatic N) is 4. The third-order valence-corrected chi connectivity index (χ3v) is 5.61. The highest BCUT2D eigenvalue weighted by atomic mass is 16.5. The molecule has 1 N–H and O–H groups in total. The van der Waals surface area contributed by atoms with Gasteiger partial charge in [-0.3, -0.25) is 14.4 Å². The number of para-hydroxylation sites is 1. The highest BCUT2D eigenvalue weighted by Gasteiger charge is 2.36. The molecule has 0 saturated carbocycles. The minimum absolute atomic E-state index is 0.0232. The lowest BCUT2D eigenvalue weighted by Gasteiger charge is -2.17. The molecule has 0 bridgehead atoms. The highest BCUT2D eigenvalue weighted by Crippen LogP contribution is 2.26. The Morgan fingerprint density at radius 1 is 1.15 bits per heavy atom. The summed E-state index contributed by atoms with van der Waals surface area (Å²) in [5, 5.41) is 16.1. The van der Waals surface area contributed by atoms with E-state index in [1.807, 2.05) is 36.4 Å². The van der Waals surface area contributed by atoms with Crippen molar-refractivity contribution >= 4 is 29.3 Å². The van der Waals surface area contributed by atoms with Crippen LogP contribution in [0.2, 0.25) is 0 Å². The molecule has 1 aromatic heterocycles. The van der Waals surface area contributed by atoms with E-state index in [0.717, 1.165) is 17.7 Å². The summed E-state index contributed by atoms with van der Waals surface area (Å²) < 4.78 is 6.61. The number of hydrogen-bond donors (Lipinski definition) is 1. The molecule has 172 valence electrons. The number of aromatic nitrogens is 2. The van der Waals surface area contributed by atoms with E-state index in [0.29, 0.717) is 5.69 Å². The first-order chi connectivity index (χ1) is 16.5. The van der Waals surface area contributed by atoms with Gasteiger partial charge in [0.1, 0.15) is 11.6 Å². The molecule has 9 nitrogen and oxygen atoms in total. The SMILES string of the molecule is CCc1ccc(N2CC(C(=O)OCC(=O)Nc3c(C#N)cnn3-c3ccccc3)CC2=O)cc1. The topological polar surface area (TPSA) is 117 Å². The monoisotopic (exact) mass is 457 g/mol. The number of carbonyl (C=O) groups excluding carboxylic acids is 3. The van der Waals surface area contributed by atoms with Crippen molar-refractivity contribution in [3.05, 3.63) is 71.9 Å². The number of amides is 2. The quantitative estimate of drug-likeness (QED) is 0.545. The molecule has 3 aromatic rings. The lowest BCUT2D eigenvalue weighted by molar-refractivity contribution is -0.151. The molecule has 0 radical (unpaired) electrons. The fourth-order valence-corrected chi connectivity index (χ4v) is 3.76. The van der Waals surface area contributed by atoms with E-state index in [-0.39, 0.29) is 30.3 Å². The van der Waals surface area contributed by atoms with E-state index in [4.69, 9.17) is 4.74 Å². The molecule has 1 fully saturated rings. The molecule has 2 amide bonds. The Morgan fingerprint density at radius 3 is 2.56 bits per heavy atom. The van der Waals surface area contributed by atoms with E-state index in [2.05, 4.69) is 17.3 Å². The maximum Gasteiger partial charge on any atom is 0.311 e. The van der Waals surface area contributed by atoms with Crippen LogP contribution in [0.4, 0.5) is 11.5 Å². The van der Waals surface area contributed by atoms with Crippen molar-refractivity contribution in [3.63, 3.8) is 0 Å². The molecular weight excluding hydrogens is 434 g/mol. The first-order valence-electron chi connectivity index (χ1n) is 10.9. The zero-order valence-electron chi connectivity index (χ0n) is 18.6. The Labute approximate surface area is 196 Å². The van der Waals surface area contributed by atoms with Crippen LogP contribution in [0.25, 0.3) is 5.69 Å². The number of carbonyl (C=O) groups is 3. The predicted octanol–water partition coefficient (Wildman–Crippen LogP) is 2.84. The van der Waals surface area contributed by atoms with E-state index < -0.39 is 24.4 Å². The largest absolute Gasteiger partial charge is 0.455 e. The van der Waals surface area contributed by atoms with Gasteiger partial charge in [0.25, 0.3) is 5.91 Å². The maximum absolute atomic E-state index is 12.5. The first kappa shape index (κ1) is 22.7. The Hall–Kier alpha value is -4.45. The molecule has 2 heterocycles. The zero-order valence-corrected chi connectivity index (χ0v) is 18.6. The number of nitrogens with one attached hydrogen (secondary N) is 1. The number of nitriles is 1. The van der Waals surface area contributed by atoms with Gasteiger partial charge >= 0.3 is 5.97 Å². The van der Waals surface area contributed by atoms with Crippen LogP contribution in [-0.4, -0.2) is 40.7 Å². The van der Waals surface area contributed by atoms with Crippen LogP contribution in [0.3, 0.4) is 0 Å². The number of hydrogen-bond acceptors (Lipinski definition) is 6. The Bertz CT molecular complexity index is 1240. The summed E-state index contributed by atoms with van der Waals surface area (Å²) in [6.45, 7) is 1.71. The second-order valence-electron chi connectivity index (χ2n) is 7.85. The van der Waals surface area contributed by atoms with Crippen LogP contribution in [-0.2, 0) is 25.5 Å². The number of rotatable bonds is 7. The fourth-order valence-electron chi connectivity index (χ4n) is 3.76. The summed E-state index contributed by atoms with van der Waals surface area (Å²) in [7, 11) is 0. The molecular formula is C25H23N5O4. The minimum atomic E-state index is -0.657. The molecule has 9 heteroatoms. The number of anilines is 2. The van der Waals surface area contributed by atoms with Crippen LogP contribution >= 0.6 is 0 Å². The Balaban J connectivity index is 1.36. The van der Waals surface area contributed by atoms with E-state index in [9.17, 15) is 19.6 Å². The van der Waals surface area contributed by atoms with Crippen molar-refractivity contribution in [2.45, 2.75) is 19.8 Å². The van der Waals surface area contributed by atoms with Gasteiger partial charge in [-0.2, -0.15) is 10.4 Å². The molecule has 1 atom stereocenters. The lowest BCUT2D eigenvalue weighted by atomic mass is 10.1.